The number of methoxy groups -OCH3 is 1. The highest BCUT2D eigenvalue weighted by Gasteiger charge is 2.49. The van der Waals surface area contributed by atoms with Crippen LogP contribution in [0.15, 0.2) is 47.4 Å². The summed E-state index contributed by atoms with van der Waals surface area (Å²) < 4.78 is 32.2. The van der Waals surface area contributed by atoms with Crippen LogP contribution in [-0.2, 0) is 10.0 Å². The highest BCUT2D eigenvalue weighted by molar-refractivity contribution is 7.90. The van der Waals surface area contributed by atoms with E-state index in [1.807, 2.05) is 19.1 Å². The molecule has 1 heterocycles. The largest absolute Gasteiger partial charge is 0.497 e. The van der Waals surface area contributed by atoms with Crippen molar-refractivity contribution < 1.29 is 22.7 Å². The molecule has 1 unspecified atom stereocenters. The van der Waals surface area contributed by atoms with E-state index in [2.05, 4.69) is 0 Å². The summed E-state index contributed by atoms with van der Waals surface area (Å²) in [5.41, 5.74) is 1.13. The molecule has 0 saturated heterocycles. The van der Waals surface area contributed by atoms with Crippen molar-refractivity contribution in [2.75, 3.05) is 12.0 Å². The number of amides is 2. The Bertz CT molecular complexity index is 1170. The number of hydrogen-bond donors (Lipinski definition) is 0. The van der Waals surface area contributed by atoms with Crippen LogP contribution in [0.4, 0.5) is 5.69 Å². The van der Waals surface area contributed by atoms with Gasteiger partial charge in [0.2, 0.25) is 0 Å². The van der Waals surface area contributed by atoms with E-state index in [0.29, 0.717) is 24.5 Å². The third-order valence-electron chi connectivity index (χ3n) is 6.36. The molecule has 2 aliphatic carbocycles. The number of fused-ring (bicyclic) bond motifs is 1. The van der Waals surface area contributed by atoms with Gasteiger partial charge in [-0.25, -0.2) is 12.7 Å². The maximum absolute atomic E-state index is 13.6. The SMILES string of the molecule is COc1ccc(N(C(=O)c2ccc3c(c2)S(=O)(=O)N(C2CC2)C3=O)C(C)C2CC2)cc1. The van der Waals surface area contributed by atoms with Crippen LogP contribution in [0.5, 0.6) is 5.75 Å². The molecule has 0 bridgehead atoms. The minimum Gasteiger partial charge on any atom is -0.497 e. The van der Waals surface area contributed by atoms with Crippen molar-refractivity contribution in [3.8, 4) is 5.75 Å². The maximum atomic E-state index is 13.6. The molecule has 7 nitrogen and oxygen atoms in total. The lowest BCUT2D eigenvalue weighted by Crippen LogP contribution is -2.40. The van der Waals surface area contributed by atoms with Crippen molar-refractivity contribution >= 4 is 27.5 Å². The van der Waals surface area contributed by atoms with Crippen molar-refractivity contribution in [3.63, 3.8) is 0 Å². The zero-order valence-corrected chi connectivity index (χ0v) is 18.3. The van der Waals surface area contributed by atoms with Crippen LogP contribution in [0.1, 0.15) is 53.3 Å². The highest BCUT2D eigenvalue weighted by atomic mass is 32.2. The third kappa shape index (κ3) is 3.29. The number of sulfonamides is 1. The minimum absolute atomic E-state index is 0.0321. The predicted molar refractivity (Wildman–Crippen MR) is 115 cm³/mol. The fourth-order valence-corrected chi connectivity index (χ4v) is 6.10. The molecule has 2 fully saturated rings. The monoisotopic (exact) mass is 440 g/mol. The predicted octanol–water partition coefficient (Wildman–Crippen LogP) is 3.45. The molecule has 162 valence electrons. The normalized spacial score (nSPS) is 20.3. The lowest BCUT2D eigenvalue weighted by molar-refractivity contribution is 0.0864. The van der Waals surface area contributed by atoms with E-state index in [4.69, 9.17) is 4.74 Å². The number of carbonyl (C=O) groups is 2. The summed E-state index contributed by atoms with van der Waals surface area (Å²) in [5.74, 6) is 0.337. The van der Waals surface area contributed by atoms with E-state index in [0.717, 1.165) is 22.8 Å². The zero-order chi connectivity index (χ0) is 21.9. The molecule has 1 aliphatic heterocycles. The molecule has 31 heavy (non-hydrogen) atoms. The number of nitrogens with zero attached hydrogens (tertiary/aromatic N) is 2. The number of benzene rings is 2. The van der Waals surface area contributed by atoms with Crippen LogP contribution in [-0.4, -0.2) is 43.7 Å². The molecule has 0 radical (unpaired) electrons. The van der Waals surface area contributed by atoms with Gasteiger partial charge in [-0.05, 0) is 81.0 Å². The third-order valence-corrected chi connectivity index (χ3v) is 8.23. The minimum atomic E-state index is -3.92. The summed E-state index contributed by atoms with van der Waals surface area (Å²) in [6.07, 6.45) is 3.50. The van der Waals surface area contributed by atoms with Crippen molar-refractivity contribution in [2.45, 2.75) is 49.6 Å². The first kappa shape index (κ1) is 20.1. The average Bonchev–Trinajstić information content (AvgIpc) is 3.67. The Morgan fingerprint density at radius 1 is 1.10 bits per heavy atom. The van der Waals surface area contributed by atoms with Gasteiger partial charge in [0.1, 0.15) is 10.6 Å². The fourth-order valence-electron chi connectivity index (χ4n) is 4.26. The molecule has 5 rings (SSSR count). The maximum Gasteiger partial charge on any atom is 0.269 e. The number of rotatable bonds is 6. The van der Waals surface area contributed by atoms with Crippen LogP contribution in [0.25, 0.3) is 0 Å². The number of ether oxygens (including phenoxy) is 1. The van der Waals surface area contributed by atoms with Gasteiger partial charge in [-0.1, -0.05) is 0 Å². The van der Waals surface area contributed by atoms with Gasteiger partial charge in [-0.15, -0.1) is 0 Å². The molecular weight excluding hydrogens is 416 g/mol. The summed E-state index contributed by atoms with van der Waals surface area (Å²) in [4.78, 5) is 27.9. The fraction of sp³-hybridized carbons (Fsp3) is 0.391. The van der Waals surface area contributed by atoms with Crippen LogP contribution < -0.4 is 9.64 Å². The molecule has 0 spiro atoms. The number of hydrogen-bond acceptors (Lipinski definition) is 5. The van der Waals surface area contributed by atoms with Crippen molar-refractivity contribution in [1.29, 1.82) is 0 Å². The smallest absolute Gasteiger partial charge is 0.269 e. The molecular formula is C23H24N2O5S. The van der Waals surface area contributed by atoms with Crippen molar-refractivity contribution in [3.05, 3.63) is 53.6 Å². The number of carbonyl (C=O) groups excluding carboxylic acids is 2. The molecule has 2 aromatic rings. The van der Waals surface area contributed by atoms with Crippen LogP contribution in [0.3, 0.4) is 0 Å². The van der Waals surface area contributed by atoms with Crippen LogP contribution in [0.2, 0.25) is 0 Å². The average molecular weight is 441 g/mol. The van der Waals surface area contributed by atoms with Gasteiger partial charge in [-0.3, -0.25) is 9.59 Å². The van der Waals surface area contributed by atoms with E-state index in [1.54, 1.807) is 30.2 Å². The lowest BCUT2D eigenvalue weighted by Gasteiger charge is -2.30. The van der Waals surface area contributed by atoms with Gasteiger partial charge >= 0.3 is 0 Å². The van der Waals surface area contributed by atoms with E-state index in [1.165, 1.54) is 12.1 Å². The molecule has 0 aromatic heterocycles. The Labute approximate surface area is 181 Å². The Kier molecular flexibility index (Phi) is 4.58. The lowest BCUT2D eigenvalue weighted by atomic mass is 10.1. The first-order valence-corrected chi connectivity index (χ1v) is 12.0. The van der Waals surface area contributed by atoms with Gasteiger partial charge in [0.25, 0.3) is 21.8 Å². The Morgan fingerprint density at radius 2 is 1.77 bits per heavy atom. The summed E-state index contributed by atoms with van der Waals surface area (Å²) in [7, 11) is -2.33. The summed E-state index contributed by atoms with van der Waals surface area (Å²) in [6, 6.07) is 11.4. The number of anilines is 1. The Balaban J connectivity index is 1.53. The molecule has 3 aliphatic rings. The molecule has 2 amide bonds. The Hall–Kier alpha value is -2.87. The first-order chi connectivity index (χ1) is 14.8. The van der Waals surface area contributed by atoms with Gasteiger partial charge in [0.05, 0.1) is 12.7 Å². The van der Waals surface area contributed by atoms with Gasteiger partial charge in [0.15, 0.2) is 0 Å². The molecule has 0 N–H and O–H groups in total. The molecule has 2 saturated carbocycles. The van der Waals surface area contributed by atoms with Crippen molar-refractivity contribution in [1.82, 2.24) is 4.31 Å². The topological polar surface area (TPSA) is 84.0 Å². The van der Waals surface area contributed by atoms with E-state index < -0.39 is 15.9 Å². The standard InChI is InChI=1S/C23H24N2O5S/c1-14(15-3-4-15)24(17-8-10-19(30-2)11-9-17)22(26)16-5-12-20-21(13-16)31(28,29)25(23(20)27)18-6-7-18/h5,8-15,18H,3-4,6-7H2,1-2H3. The summed E-state index contributed by atoms with van der Waals surface area (Å²) >= 11 is 0. The van der Waals surface area contributed by atoms with Crippen LogP contribution in [0, 0.1) is 5.92 Å². The second-order valence-electron chi connectivity index (χ2n) is 8.50. The van der Waals surface area contributed by atoms with Gasteiger partial charge < -0.3 is 9.64 Å². The van der Waals surface area contributed by atoms with Gasteiger partial charge in [-0.2, -0.15) is 0 Å². The molecule has 1 atom stereocenters. The summed E-state index contributed by atoms with van der Waals surface area (Å²) in [6.45, 7) is 2.02. The van der Waals surface area contributed by atoms with E-state index >= 15 is 0 Å². The van der Waals surface area contributed by atoms with E-state index in [-0.39, 0.29) is 34.0 Å². The van der Waals surface area contributed by atoms with E-state index in [9.17, 15) is 18.0 Å². The Morgan fingerprint density at radius 3 is 2.35 bits per heavy atom. The summed E-state index contributed by atoms with van der Waals surface area (Å²) in [5, 5.41) is 0. The quantitative estimate of drug-likeness (QED) is 0.687. The van der Waals surface area contributed by atoms with Gasteiger partial charge in [0, 0.05) is 23.3 Å². The molecule has 8 heteroatoms. The zero-order valence-electron chi connectivity index (χ0n) is 17.4. The second kappa shape index (κ2) is 7.09. The first-order valence-electron chi connectivity index (χ1n) is 10.5. The highest BCUT2D eigenvalue weighted by Crippen LogP contribution is 2.41. The molecule has 2 aromatic carbocycles. The van der Waals surface area contributed by atoms with Crippen molar-refractivity contribution in [2.24, 2.45) is 5.92 Å². The second-order valence-corrected chi connectivity index (χ2v) is 10.3. The van der Waals surface area contributed by atoms with Crippen LogP contribution >= 0.6 is 0 Å².